The third kappa shape index (κ3) is 4.64. The van der Waals surface area contributed by atoms with E-state index in [-0.39, 0.29) is 12.5 Å². The molecule has 2 heterocycles. The number of hydrogen-bond acceptors (Lipinski definition) is 5. The minimum atomic E-state index is -0.211. The molecule has 0 unspecified atom stereocenters. The molecule has 0 bridgehead atoms. The van der Waals surface area contributed by atoms with E-state index in [4.69, 9.17) is 25.8 Å². The summed E-state index contributed by atoms with van der Waals surface area (Å²) in [5, 5.41) is 10.1. The SMILES string of the molecule is COc1ccc(OCc2cc(C(=O)NC[C@@H]3CCOC3)n[nH]2)c(Cl)c1. The molecule has 1 aromatic heterocycles. The van der Waals surface area contributed by atoms with Crippen LogP contribution < -0.4 is 14.8 Å². The smallest absolute Gasteiger partial charge is 0.271 e. The molecule has 0 saturated carbocycles. The summed E-state index contributed by atoms with van der Waals surface area (Å²) in [4.78, 5) is 12.1. The number of methoxy groups -OCH3 is 1. The Morgan fingerprint density at radius 2 is 2.36 bits per heavy atom. The van der Waals surface area contributed by atoms with Crippen LogP contribution >= 0.6 is 11.6 Å². The van der Waals surface area contributed by atoms with Crippen molar-refractivity contribution < 1.29 is 19.0 Å². The summed E-state index contributed by atoms with van der Waals surface area (Å²) in [6.07, 6.45) is 0.975. The number of carbonyl (C=O) groups is 1. The van der Waals surface area contributed by atoms with E-state index in [0.29, 0.717) is 47.0 Å². The predicted molar refractivity (Wildman–Crippen MR) is 92.2 cm³/mol. The molecule has 1 amide bonds. The highest BCUT2D eigenvalue weighted by atomic mass is 35.5. The summed E-state index contributed by atoms with van der Waals surface area (Å²) in [5.74, 6) is 1.36. The van der Waals surface area contributed by atoms with Crippen LogP contribution in [0, 0.1) is 5.92 Å². The zero-order chi connectivity index (χ0) is 17.6. The molecule has 0 radical (unpaired) electrons. The molecular weight excluding hydrogens is 346 g/mol. The summed E-state index contributed by atoms with van der Waals surface area (Å²) in [6, 6.07) is 6.84. The van der Waals surface area contributed by atoms with Gasteiger partial charge in [-0.15, -0.1) is 0 Å². The van der Waals surface area contributed by atoms with Crippen molar-refractivity contribution in [2.24, 2.45) is 5.92 Å². The van der Waals surface area contributed by atoms with Crippen molar-refractivity contribution in [3.05, 3.63) is 40.7 Å². The van der Waals surface area contributed by atoms with Gasteiger partial charge in [-0.3, -0.25) is 9.89 Å². The Morgan fingerprint density at radius 1 is 1.48 bits per heavy atom. The number of amides is 1. The molecule has 25 heavy (non-hydrogen) atoms. The van der Waals surface area contributed by atoms with E-state index in [1.54, 1.807) is 31.4 Å². The van der Waals surface area contributed by atoms with E-state index in [2.05, 4.69) is 15.5 Å². The van der Waals surface area contributed by atoms with Gasteiger partial charge in [0.25, 0.3) is 5.91 Å². The van der Waals surface area contributed by atoms with Crippen LogP contribution in [0.25, 0.3) is 0 Å². The van der Waals surface area contributed by atoms with Gasteiger partial charge in [0, 0.05) is 25.1 Å². The van der Waals surface area contributed by atoms with Crippen LogP contribution in [0.1, 0.15) is 22.6 Å². The molecule has 134 valence electrons. The van der Waals surface area contributed by atoms with Crippen molar-refractivity contribution in [1.82, 2.24) is 15.5 Å². The second kappa shape index (κ2) is 8.22. The van der Waals surface area contributed by atoms with Gasteiger partial charge in [0.05, 0.1) is 24.4 Å². The molecule has 1 aliphatic rings. The van der Waals surface area contributed by atoms with Gasteiger partial charge in [0.1, 0.15) is 23.8 Å². The van der Waals surface area contributed by atoms with Gasteiger partial charge >= 0.3 is 0 Å². The Kier molecular flexibility index (Phi) is 5.78. The first kappa shape index (κ1) is 17.6. The monoisotopic (exact) mass is 365 g/mol. The van der Waals surface area contributed by atoms with Crippen LogP contribution in [0.5, 0.6) is 11.5 Å². The third-order valence-corrected chi connectivity index (χ3v) is 4.26. The summed E-state index contributed by atoms with van der Waals surface area (Å²) in [5.41, 5.74) is 1.01. The minimum Gasteiger partial charge on any atom is -0.497 e. The fraction of sp³-hybridized carbons (Fsp3) is 0.412. The zero-order valence-corrected chi connectivity index (χ0v) is 14.6. The van der Waals surface area contributed by atoms with Gasteiger partial charge in [-0.05, 0) is 24.6 Å². The number of rotatable bonds is 7. The Balaban J connectivity index is 1.51. The van der Waals surface area contributed by atoms with E-state index in [0.717, 1.165) is 13.0 Å². The topological polar surface area (TPSA) is 85.5 Å². The van der Waals surface area contributed by atoms with Gasteiger partial charge in [-0.25, -0.2) is 0 Å². The maximum atomic E-state index is 12.1. The van der Waals surface area contributed by atoms with Crippen molar-refractivity contribution in [2.45, 2.75) is 13.0 Å². The summed E-state index contributed by atoms with van der Waals surface area (Å²) < 4.78 is 16.0. The number of halogens is 1. The number of hydrogen-bond donors (Lipinski definition) is 2. The van der Waals surface area contributed by atoms with Crippen LogP contribution in [-0.2, 0) is 11.3 Å². The number of ether oxygens (including phenoxy) is 3. The molecule has 1 fully saturated rings. The van der Waals surface area contributed by atoms with Gasteiger partial charge < -0.3 is 19.5 Å². The van der Waals surface area contributed by atoms with Crippen molar-refractivity contribution in [2.75, 3.05) is 26.9 Å². The molecule has 1 saturated heterocycles. The summed E-state index contributed by atoms with van der Waals surface area (Å²) >= 11 is 6.13. The first-order chi connectivity index (χ1) is 12.2. The highest BCUT2D eigenvalue weighted by molar-refractivity contribution is 6.32. The van der Waals surface area contributed by atoms with Gasteiger partial charge in [-0.2, -0.15) is 5.10 Å². The normalized spacial score (nSPS) is 16.6. The number of aromatic nitrogens is 2. The lowest BCUT2D eigenvalue weighted by molar-refractivity contribution is 0.0940. The summed E-state index contributed by atoms with van der Waals surface area (Å²) in [7, 11) is 1.57. The van der Waals surface area contributed by atoms with E-state index in [9.17, 15) is 4.79 Å². The fourth-order valence-corrected chi connectivity index (χ4v) is 2.73. The Labute approximate surface area is 150 Å². The Hall–Kier alpha value is -2.25. The van der Waals surface area contributed by atoms with E-state index >= 15 is 0 Å². The molecule has 2 aromatic rings. The predicted octanol–water partition coefficient (Wildman–Crippen LogP) is 2.42. The van der Waals surface area contributed by atoms with Crippen molar-refractivity contribution in [3.8, 4) is 11.5 Å². The second-order valence-electron chi connectivity index (χ2n) is 5.80. The van der Waals surface area contributed by atoms with E-state index < -0.39 is 0 Å². The Morgan fingerprint density at radius 3 is 3.08 bits per heavy atom. The maximum absolute atomic E-state index is 12.1. The molecule has 8 heteroatoms. The molecule has 0 spiro atoms. The average Bonchev–Trinajstić information content (AvgIpc) is 3.30. The standard InChI is InChI=1S/C17H20ClN3O4/c1-23-13-2-3-16(14(18)7-13)25-10-12-6-15(21-20-12)17(22)19-8-11-4-5-24-9-11/h2-3,6-7,11H,4-5,8-10H2,1H3,(H,19,22)(H,20,21)/t11-/m0/s1. The lowest BCUT2D eigenvalue weighted by Crippen LogP contribution is -2.29. The second-order valence-corrected chi connectivity index (χ2v) is 6.21. The van der Waals surface area contributed by atoms with Crippen molar-refractivity contribution >= 4 is 17.5 Å². The molecule has 7 nitrogen and oxygen atoms in total. The lowest BCUT2D eigenvalue weighted by Gasteiger charge is -2.08. The van der Waals surface area contributed by atoms with Crippen LogP contribution in [-0.4, -0.2) is 43.0 Å². The van der Waals surface area contributed by atoms with Gasteiger partial charge in [0.15, 0.2) is 0 Å². The number of aromatic amines is 1. The van der Waals surface area contributed by atoms with Crippen LogP contribution in [0.4, 0.5) is 0 Å². The first-order valence-electron chi connectivity index (χ1n) is 8.02. The average molecular weight is 366 g/mol. The molecule has 3 rings (SSSR count). The molecule has 1 aromatic carbocycles. The lowest BCUT2D eigenvalue weighted by atomic mass is 10.1. The molecule has 0 aliphatic carbocycles. The highest BCUT2D eigenvalue weighted by Gasteiger charge is 2.18. The first-order valence-corrected chi connectivity index (χ1v) is 8.40. The zero-order valence-electron chi connectivity index (χ0n) is 13.9. The van der Waals surface area contributed by atoms with E-state index in [1.807, 2.05) is 0 Å². The number of carbonyl (C=O) groups excluding carboxylic acids is 1. The maximum Gasteiger partial charge on any atom is 0.271 e. The largest absolute Gasteiger partial charge is 0.497 e. The highest BCUT2D eigenvalue weighted by Crippen LogP contribution is 2.29. The van der Waals surface area contributed by atoms with Crippen LogP contribution in [0.15, 0.2) is 24.3 Å². The van der Waals surface area contributed by atoms with Crippen molar-refractivity contribution in [3.63, 3.8) is 0 Å². The third-order valence-electron chi connectivity index (χ3n) is 3.96. The minimum absolute atomic E-state index is 0.211. The van der Waals surface area contributed by atoms with Crippen molar-refractivity contribution in [1.29, 1.82) is 0 Å². The molecular formula is C17H20ClN3O4. The molecule has 2 N–H and O–H groups in total. The Bertz CT molecular complexity index is 728. The van der Waals surface area contributed by atoms with Gasteiger partial charge in [0.2, 0.25) is 0 Å². The quantitative estimate of drug-likeness (QED) is 0.787. The fourth-order valence-electron chi connectivity index (χ4n) is 2.50. The summed E-state index contributed by atoms with van der Waals surface area (Å²) in [6.45, 7) is 2.28. The van der Waals surface area contributed by atoms with Crippen LogP contribution in [0.3, 0.4) is 0 Å². The number of nitrogens with one attached hydrogen (secondary N) is 2. The van der Waals surface area contributed by atoms with Crippen LogP contribution in [0.2, 0.25) is 5.02 Å². The molecule has 1 aliphatic heterocycles. The number of nitrogens with zero attached hydrogens (tertiary/aromatic N) is 1. The number of H-pyrrole nitrogens is 1. The number of benzene rings is 1. The molecule has 1 atom stereocenters. The van der Waals surface area contributed by atoms with E-state index in [1.165, 1.54) is 0 Å². The van der Waals surface area contributed by atoms with Gasteiger partial charge in [-0.1, -0.05) is 11.6 Å².